The highest BCUT2D eigenvalue weighted by Gasteiger charge is 2.32. The van der Waals surface area contributed by atoms with Gasteiger partial charge in [0, 0.05) is 31.1 Å². The van der Waals surface area contributed by atoms with E-state index < -0.39 is 12.1 Å². The third-order valence-corrected chi connectivity index (χ3v) is 7.81. The molecule has 0 spiro atoms. The highest BCUT2D eigenvalue weighted by molar-refractivity contribution is 5.83. The molecule has 0 radical (unpaired) electrons. The van der Waals surface area contributed by atoms with Crippen LogP contribution in [-0.2, 0) is 4.79 Å². The quantitative estimate of drug-likeness (QED) is 0.552. The predicted octanol–water partition coefficient (Wildman–Crippen LogP) is 5.05. The number of carboxylic acids is 1. The molecule has 1 aliphatic heterocycles. The van der Waals surface area contributed by atoms with Crippen LogP contribution in [-0.4, -0.2) is 52.8 Å². The number of aliphatic hydroxyl groups is 1. The Morgan fingerprint density at radius 1 is 1.18 bits per heavy atom. The summed E-state index contributed by atoms with van der Waals surface area (Å²) in [4.78, 5) is 18.5. The van der Waals surface area contributed by atoms with Gasteiger partial charge in [-0.2, -0.15) is 0 Å². The van der Waals surface area contributed by atoms with Crippen molar-refractivity contribution in [2.75, 3.05) is 26.7 Å². The molecule has 1 saturated carbocycles. The first-order valence-corrected chi connectivity index (χ1v) is 12.6. The molecule has 2 heterocycles. The number of pyridine rings is 1. The van der Waals surface area contributed by atoms with E-state index in [0.717, 1.165) is 60.6 Å². The van der Waals surface area contributed by atoms with Gasteiger partial charge in [0.05, 0.1) is 18.7 Å². The van der Waals surface area contributed by atoms with E-state index in [-0.39, 0.29) is 12.3 Å². The number of hydrogen-bond donors (Lipinski definition) is 2. The SMILES string of the molecule is COc1ccc2nccc([C@@H](O)CC[C@@H]3CCN(CC4CCCCC4)C[C@@H]3CC(=O)O)c2c1. The van der Waals surface area contributed by atoms with Gasteiger partial charge >= 0.3 is 5.97 Å². The van der Waals surface area contributed by atoms with E-state index in [9.17, 15) is 15.0 Å². The van der Waals surface area contributed by atoms with Gasteiger partial charge in [-0.3, -0.25) is 9.78 Å². The smallest absolute Gasteiger partial charge is 0.303 e. The fraction of sp³-hybridized carbons (Fsp3) is 0.630. The predicted molar refractivity (Wildman–Crippen MR) is 129 cm³/mol. The summed E-state index contributed by atoms with van der Waals surface area (Å²) in [6, 6.07) is 7.60. The lowest BCUT2D eigenvalue weighted by atomic mass is 9.79. The molecule has 6 heteroatoms. The average Bonchev–Trinajstić information content (AvgIpc) is 2.83. The fourth-order valence-electron chi connectivity index (χ4n) is 5.98. The maximum Gasteiger partial charge on any atom is 0.303 e. The molecule has 2 aromatic rings. The van der Waals surface area contributed by atoms with Crippen molar-refractivity contribution in [1.82, 2.24) is 9.88 Å². The normalized spacial score (nSPS) is 23.5. The maximum atomic E-state index is 11.6. The summed E-state index contributed by atoms with van der Waals surface area (Å²) in [6.45, 7) is 3.04. The summed E-state index contributed by atoms with van der Waals surface area (Å²) >= 11 is 0. The summed E-state index contributed by atoms with van der Waals surface area (Å²) in [5, 5.41) is 21.5. The lowest BCUT2D eigenvalue weighted by Gasteiger charge is -2.40. The Bertz CT molecular complexity index is 927. The Balaban J connectivity index is 1.39. The van der Waals surface area contributed by atoms with Gasteiger partial charge in [-0.1, -0.05) is 19.3 Å². The zero-order valence-electron chi connectivity index (χ0n) is 19.8. The number of nitrogens with zero attached hydrogens (tertiary/aromatic N) is 2. The number of carboxylic acid groups (broad SMARTS) is 1. The molecular weight excluding hydrogens is 416 g/mol. The molecule has 0 bridgehead atoms. The molecule has 2 aliphatic rings. The second kappa shape index (κ2) is 11.3. The van der Waals surface area contributed by atoms with E-state index >= 15 is 0 Å². The minimum absolute atomic E-state index is 0.154. The standard InChI is InChI=1S/C27H38N2O4/c1-33-22-8-9-25-24(16-22)23(11-13-28-25)26(30)10-7-20-12-14-29(18-21(20)15-27(31)32)17-19-5-3-2-4-6-19/h8-9,11,13,16,19-21,26,30H,2-7,10,12,14-15,17-18H2,1H3,(H,31,32)/t20-,21+,26+/m1/s1. The summed E-state index contributed by atoms with van der Waals surface area (Å²) < 4.78 is 5.36. The van der Waals surface area contributed by atoms with Gasteiger partial charge in [-0.15, -0.1) is 0 Å². The van der Waals surface area contributed by atoms with Crippen LogP contribution < -0.4 is 4.74 Å². The molecule has 6 nitrogen and oxygen atoms in total. The van der Waals surface area contributed by atoms with Gasteiger partial charge in [0.1, 0.15) is 5.75 Å². The average molecular weight is 455 g/mol. The number of methoxy groups -OCH3 is 1. The van der Waals surface area contributed by atoms with Crippen molar-refractivity contribution < 1.29 is 19.7 Å². The Kier molecular flexibility index (Phi) is 8.20. The van der Waals surface area contributed by atoms with Gasteiger partial charge < -0.3 is 19.8 Å². The molecule has 1 aliphatic carbocycles. The van der Waals surface area contributed by atoms with E-state index in [0.29, 0.717) is 12.3 Å². The molecule has 3 atom stereocenters. The Morgan fingerprint density at radius 2 is 2.00 bits per heavy atom. The van der Waals surface area contributed by atoms with Gasteiger partial charge in [0.15, 0.2) is 0 Å². The first-order valence-electron chi connectivity index (χ1n) is 12.6. The number of piperidine rings is 1. The zero-order chi connectivity index (χ0) is 23.2. The Hall–Kier alpha value is -2.18. The van der Waals surface area contributed by atoms with Crippen LogP contribution in [0, 0.1) is 17.8 Å². The first kappa shape index (κ1) is 24.0. The monoisotopic (exact) mass is 454 g/mol. The second-order valence-corrected chi connectivity index (χ2v) is 10.0. The van der Waals surface area contributed by atoms with Crippen molar-refractivity contribution >= 4 is 16.9 Å². The van der Waals surface area contributed by atoms with Crippen LogP contribution in [0.25, 0.3) is 10.9 Å². The lowest BCUT2D eigenvalue weighted by Crippen LogP contribution is -2.43. The van der Waals surface area contributed by atoms with E-state index in [1.165, 1.54) is 32.1 Å². The van der Waals surface area contributed by atoms with Gasteiger partial charge in [0.25, 0.3) is 0 Å². The van der Waals surface area contributed by atoms with E-state index in [1.807, 2.05) is 24.3 Å². The molecule has 1 aromatic carbocycles. The van der Waals surface area contributed by atoms with Crippen LogP contribution in [0.1, 0.15) is 69.5 Å². The molecule has 2 N–H and O–H groups in total. The molecule has 0 amide bonds. The maximum absolute atomic E-state index is 11.6. The van der Waals surface area contributed by atoms with Crippen molar-refractivity contribution in [3.05, 3.63) is 36.0 Å². The number of aromatic nitrogens is 1. The minimum Gasteiger partial charge on any atom is -0.497 e. The number of ether oxygens (including phenoxy) is 1. The zero-order valence-corrected chi connectivity index (χ0v) is 19.8. The number of rotatable bonds is 9. The summed E-state index contributed by atoms with van der Waals surface area (Å²) in [5.41, 5.74) is 1.70. The van der Waals surface area contributed by atoms with E-state index in [1.54, 1.807) is 13.3 Å². The third kappa shape index (κ3) is 6.24. The Labute approximate surface area is 197 Å². The molecule has 4 rings (SSSR count). The molecule has 1 saturated heterocycles. The molecule has 33 heavy (non-hydrogen) atoms. The molecule has 180 valence electrons. The molecule has 2 fully saturated rings. The number of aliphatic hydroxyl groups excluding tert-OH is 1. The van der Waals surface area contributed by atoms with Gasteiger partial charge in [-0.25, -0.2) is 0 Å². The number of benzene rings is 1. The van der Waals surface area contributed by atoms with Crippen LogP contribution in [0.3, 0.4) is 0 Å². The number of hydrogen-bond acceptors (Lipinski definition) is 5. The van der Waals surface area contributed by atoms with Gasteiger partial charge in [-0.05, 0) is 86.2 Å². The number of carbonyl (C=O) groups is 1. The molecular formula is C27H38N2O4. The summed E-state index contributed by atoms with van der Waals surface area (Å²) in [6.07, 6.45) is 10.5. The number of aliphatic carboxylic acids is 1. The van der Waals surface area contributed by atoms with Crippen LogP contribution in [0.5, 0.6) is 5.75 Å². The van der Waals surface area contributed by atoms with Crippen LogP contribution in [0.4, 0.5) is 0 Å². The van der Waals surface area contributed by atoms with Crippen molar-refractivity contribution in [3.8, 4) is 5.75 Å². The second-order valence-electron chi connectivity index (χ2n) is 10.0. The number of likely N-dealkylation sites (tertiary alicyclic amines) is 1. The topological polar surface area (TPSA) is 82.9 Å². The Morgan fingerprint density at radius 3 is 2.76 bits per heavy atom. The van der Waals surface area contributed by atoms with E-state index in [4.69, 9.17) is 4.74 Å². The minimum atomic E-state index is -0.711. The lowest BCUT2D eigenvalue weighted by molar-refractivity contribution is -0.139. The van der Waals surface area contributed by atoms with Crippen molar-refractivity contribution in [3.63, 3.8) is 0 Å². The summed E-state index contributed by atoms with van der Waals surface area (Å²) in [7, 11) is 1.64. The highest BCUT2D eigenvalue weighted by Crippen LogP contribution is 2.35. The summed E-state index contributed by atoms with van der Waals surface area (Å²) in [5.74, 6) is 1.30. The van der Waals surface area contributed by atoms with Crippen LogP contribution in [0.2, 0.25) is 0 Å². The van der Waals surface area contributed by atoms with Crippen LogP contribution >= 0.6 is 0 Å². The largest absolute Gasteiger partial charge is 0.497 e. The van der Waals surface area contributed by atoms with Crippen LogP contribution in [0.15, 0.2) is 30.5 Å². The molecule has 0 unspecified atom stereocenters. The third-order valence-electron chi connectivity index (χ3n) is 7.81. The molecule has 1 aromatic heterocycles. The highest BCUT2D eigenvalue weighted by atomic mass is 16.5. The fourth-order valence-corrected chi connectivity index (χ4v) is 5.98. The van der Waals surface area contributed by atoms with Crippen molar-refractivity contribution in [2.24, 2.45) is 17.8 Å². The number of fused-ring (bicyclic) bond motifs is 1. The van der Waals surface area contributed by atoms with Crippen molar-refractivity contribution in [1.29, 1.82) is 0 Å². The first-order chi connectivity index (χ1) is 16.0. The van der Waals surface area contributed by atoms with Gasteiger partial charge in [0.2, 0.25) is 0 Å². The van der Waals surface area contributed by atoms with Crippen molar-refractivity contribution in [2.45, 2.75) is 63.9 Å². The van der Waals surface area contributed by atoms with E-state index in [2.05, 4.69) is 9.88 Å².